The molecular weight excluding hydrogens is 324 g/mol. The van der Waals surface area contributed by atoms with Crippen molar-refractivity contribution in [3.8, 4) is 5.75 Å². The topological polar surface area (TPSA) is 66.1 Å². The Morgan fingerprint density at radius 3 is 2.85 bits per heavy atom. The number of hydrogen-bond acceptors (Lipinski definition) is 5. The highest BCUT2D eigenvalue weighted by molar-refractivity contribution is 9.10. The minimum atomic E-state index is -0.652. The number of halogens is 1. The molecule has 1 fully saturated rings. The van der Waals surface area contributed by atoms with Crippen molar-refractivity contribution in [1.82, 2.24) is 0 Å². The number of nitrogens with two attached hydrogens (primary N) is 1. The number of rotatable bonds is 0. The average molecular weight is 339 g/mol. The second-order valence-electron chi connectivity index (χ2n) is 5.59. The van der Waals surface area contributed by atoms with Gasteiger partial charge in [0.1, 0.15) is 24.2 Å². The Labute approximate surface area is 125 Å². The fourth-order valence-electron chi connectivity index (χ4n) is 3.16. The molecule has 0 aliphatic carbocycles. The van der Waals surface area contributed by atoms with Crippen molar-refractivity contribution in [1.29, 1.82) is 0 Å². The molecule has 6 heteroatoms. The predicted octanol–water partition coefficient (Wildman–Crippen LogP) is 1.44. The summed E-state index contributed by atoms with van der Waals surface area (Å²) in [5, 5.41) is 0. The van der Waals surface area contributed by atoms with Crippen LogP contribution in [0.15, 0.2) is 27.7 Å². The molecular formula is C14H15BrN2O3. The Morgan fingerprint density at radius 2 is 2.15 bits per heavy atom. The first-order chi connectivity index (χ1) is 9.65. The third-order valence-corrected chi connectivity index (χ3v) is 4.78. The highest BCUT2D eigenvalue weighted by Gasteiger charge is 2.62. The molecule has 0 aromatic heterocycles. The minimum Gasteiger partial charge on any atom is -0.492 e. The Balaban J connectivity index is 1.93. The summed E-state index contributed by atoms with van der Waals surface area (Å²) in [7, 11) is 0. The minimum absolute atomic E-state index is 0.234. The molecule has 1 saturated heterocycles. The van der Waals surface area contributed by atoms with Crippen molar-refractivity contribution in [3.63, 3.8) is 0 Å². The van der Waals surface area contributed by atoms with E-state index in [1.54, 1.807) is 0 Å². The maximum absolute atomic E-state index is 6.20. The van der Waals surface area contributed by atoms with Crippen LogP contribution in [0, 0.1) is 5.41 Å². The molecule has 0 bridgehead atoms. The molecule has 2 unspecified atom stereocenters. The Bertz CT molecular complexity index is 588. The third kappa shape index (κ3) is 1.56. The summed E-state index contributed by atoms with van der Waals surface area (Å²) in [6.07, 6.45) is 1.49. The van der Waals surface area contributed by atoms with Gasteiger partial charge in [0.05, 0.1) is 25.2 Å². The van der Waals surface area contributed by atoms with E-state index in [0.717, 1.165) is 15.8 Å². The maximum Gasteiger partial charge on any atom is 0.147 e. The first kappa shape index (κ1) is 12.8. The number of ether oxygens (including phenoxy) is 3. The van der Waals surface area contributed by atoms with Crippen LogP contribution in [0.1, 0.15) is 5.56 Å². The van der Waals surface area contributed by atoms with Gasteiger partial charge >= 0.3 is 0 Å². The lowest BCUT2D eigenvalue weighted by atomic mass is 9.65. The van der Waals surface area contributed by atoms with Crippen LogP contribution < -0.4 is 10.5 Å². The summed E-state index contributed by atoms with van der Waals surface area (Å²) in [6, 6.07) is 5.94. The Morgan fingerprint density at radius 1 is 1.30 bits per heavy atom. The molecule has 0 saturated carbocycles. The second-order valence-corrected chi connectivity index (χ2v) is 6.50. The van der Waals surface area contributed by atoms with Gasteiger partial charge in [-0.2, -0.15) is 0 Å². The van der Waals surface area contributed by atoms with Gasteiger partial charge in [-0.15, -0.1) is 0 Å². The van der Waals surface area contributed by atoms with Gasteiger partial charge in [0, 0.05) is 16.3 Å². The van der Waals surface area contributed by atoms with E-state index in [4.69, 9.17) is 19.9 Å². The zero-order valence-corrected chi connectivity index (χ0v) is 12.4. The lowest BCUT2D eigenvalue weighted by Gasteiger charge is -2.56. The van der Waals surface area contributed by atoms with E-state index >= 15 is 0 Å². The van der Waals surface area contributed by atoms with Crippen LogP contribution in [0.2, 0.25) is 0 Å². The molecule has 2 spiro atoms. The highest BCUT2D eigenvalue weighted by atomic mass is 79.9. The van der Waals surface area contributed by atoms with Crippen LogP contribution in [-0.2, 0) is 15.1 Å². The predicted molar refractivity (Wildman–Crippen MR) is 77.0 cm³/mol. The smallest absolute Gasteiger partial charge is 0.147 e. The van der Waals surface area contributed by atoms with Gasteiger partial charge in [-0.3, -0.25) is 4.99 Å². The number of aliphatic imine (C=N–C) groups is 1. The fraction of sp³-hybridized carbons (Fsp3) is 0.500. The number of benzene rings is 1. The molecule has 0 amide bonds. The van der Waals surface area contributed by atoms with E-state index in [9.17, 15) is 0 Å². The van der Waals surface area contributed by atoms with Crippen molar-refractivity contribution in [3.05, 3.63) is 28.2 Å². The lowest BCUT2D eigenvalue weighted by molar-refractivity contribution is -0.250. The van der Waals surface area contributed by atoms with Crippen LogP contribution in [0.25, 0.3) is 0 Å². The average Bonchev–Trinajstić information content (AvgIpc) is 2.38. The van der Waals surface area contributed by atoms with Gasteiger partial charge in [-0.05, 0) is 18.2 Å². The van der Waals surface area contributed by atoms with Crippen molar-refractivity contribution >= 4 is 22.1 Å². The van der Waals surface area contributed by atoms with E-state index in [2.05, 4.69) is 20.9 Å². The van der Waals surface area contributed by atoms with Crippen LogP contribution in [0.4, 0.5) is 0 Å². The number of fused-ring (bicyclic) bond motifs is 3. The second kappa shape index (κ2) is 4.27. The molecule has 3 heterocycles. The molecule has 5 nitrogen and oxygen atoms in total. The molecule has 1 aromatic rings. The summed E-state index contributed by atoms with van der Waals surface area (Å²) < 4.78 is 18.5. The molecule has 2 atom stereocenters. The van der Waals surface area contributed by atoms with Crippen molar-refractivity contribution in [2.45, 2.75) is 11.8 Å². The fourth-order valence-corrected chi connectivity index (χ4v) is 3.52. The normalized spacial score (nSPS) is 33.6. The summed E-state index contributed by atoms with van der Waals surface area (Å²) in [6.45, 7) is 2.23. The van der Waals surface area contributed by atoms with Gasteiger partial charge in [0.25, 0.3) is 0 Å². The van der Waals surface area contributed by atoms with E-state index in [-0.39, 0.29) is 5.41 Å². The molecule has 2 N–H and O–H groups in total. The summed E-state index contributed by atoms with van der Waals surface area (Å²) >= 11 is 3.51. The molecule has 20 heavy (non-hydrogen) atoms. The maximum atomic E-state index is 6.20. The monoisotopic (exact) mass is 338 g/mol. The third-order valence-electron chi connectivity index (χ3n) is 4.29. The summed E-state index contributed by atoms with van der Waals surface area (Å²) in [5.41, 5.74) is 6.09. The number of nitrogens with zero attached hydrogens (tertiary/aromatic N) is 1. The standard InChI is InChI=1S/C14H15BrN2O3/c15-9-1-2-11-10(3-9)14(5-17-4-12(16)20-14)13(8-19-11)6-18-7-13/h1-3,5,12H,4,6-8,16H2. The first-order valence-electron chi connectivity index (χ1n) is 6.60. The summed E-state index contributed by atoms with van der Waals surface area (Å²) in [4.78, 5) is 4.44. The Kier molecular flexibility index (Phi) is 2.73. The zero-order valence-electron chi connectivity index (χ0n) is 10.8. The van der Waals surface area contributed by atoms with Crippen LogP contribution in [-0.4, -0.2) is 38.8 Å². The molecule has 4 rings (SSSR count). The van der Waals surface area contributed by atoms with E-state index in [0.29, 0.717) is 26.4 Å². The van der Waals surface area contributed by atoms with Gasteiger partial charge in [-0.25, -0.2) is 0 Å². The van der Waals surface area contributed by atoms with Crippen molar-refractivity contribution < 1.29 is 14.2 Å². The molecule has 106 valence electrons. The zero-order chi connectivity index (χ0) is 13.8. The largest absolute Gasteiger partial charge is 0.492 e. The van der Waals surface area contributed by atoms with Gasteiger partial charge in [0.15, 0.2) is 0 Å². The van der Waals surface area contributed by atoms with Crippen LogP contribution in [0.3, 0.4) is 0 Å². The van der Waals surface area contributed by atoms with Crippen LogP contribution >= 0.6 is 15.9 Å². The lowest BCUT2D eigenvalue weighted by Crippen LogP contribution is -2.67. The quantitative estimate of drug-likeness (QED) is 0.777. The van der Waals surface area contributed by atoms with Gasteiger partial charge < -0.3 is 19.9 Å². The van der Waals surface area contributed by atoms with Gasteiger partial charge in [0.2, 0.25) is 0 Å². The molecule has 3 aliphatic heterocycles. The number of hydrogen-bond donors (Lipinski definition) is 1. The molecule has 3 aliphatic rings. The van der Waals surface area contributed by atoms with Crippen molar-refractivity contribution in [2.24, 2.45) is 16.1 Å². The molecule has 0 radical (unpaired) electrons. The highest BCUT2D eigenvalue weighted by Crippen LogP contribution is 2.54. The SMILES string of the molecule is NC1CN=CC2(O1)c1cc(Br)ccc1OCC21COC1. The van der Waals surface area contributed by atoms with Gasteiger partial charge in [-0.1, -0.05) is 15.9 Å². The molecule has 1 aromatic carbocycles. The van der Waals surface area contributed by atoms with E-state index in [1.807, 2.05) is 24.4 Å². The van der Waals surface area contributed by atoms with Crippen LogP contribution in [0.5, 0.6) is 5.75 Å². The Hall–Kier alpha value is -0.950. The van der Waals surface area contributed by atoms with E-state index < -0.39 is 11.8 Å². The first-order valence-corrected chi connectivity index (χ1v) is 7.40. The summed E-state index contributed by atoms with van der Waals surface area (Å²) in [5.74, 6) is 0.825. The van der Waals surface area contributed by atoms with E-state index in [1.165, 1.54) is 0 Å². The van der Waals surface area contributed by atoms with Crippen molar-refractivity contribution in [2.75, 3.05) is 26.4 Å².